The van der Waals surface area contributed by atoms with Crippen LogP contribution < -0.4 is 20.4 Å². The Morgan fingerprint density at radius 3 is 2.25 bits per heavy atom. The number of anilines is 3. The lowest BCUT2D eigenvalue weighted by molar-refractivity contribution is -0.137. The van der Waals surface area contributed by atoms with Crippen molar-refractivity contribution >= 4 is 52.3 Å². The van der Waals surface area contributed by atoms with Crippen LogP contribution in [0.1, 0.15) is 53.0 Å². The van der Waals surface area contributed by atoms with E-state index in [4.69, 9.17) is 6.57 Å². The van der Waals surface area contributed by atoms with Crippen LogP contribution in [0.3, 0.4) is 0 Å². The molecule has 8 rings (SSSR count). The van der Waals surface area contributed by atoms with Crippen molar-refractivity contribution in [3.05, 3.63) is 76.9 Å². The molecule has 18 heteroatoms. The molecular formula is C38H39F3N10O5. The van der Waals surface area contributed by atoms with Gasteiger partial charge in [0.05, 0.1) is 35.1 Å². The summed E-state index contributed by atoms with van der Waals surface area (Å²) in [6.45, 7) is 17.0. The number of nitrogens with zero attached hydrogens (tertiary/aromatic N) is 8. The van der Waals surface area contributed by atoms with Gasteiger partial charge in [0.2, 0.25) is 11.8 Å². The lowest BCUT2D eigenvalue weighted by atomic mass is 9.97. The number of carbonyl (C=O) groups is 5. The van der Waals surface area contributed by atoms with E-state index in [1.165, 1.54) is 10.7 Å². The summed E-state index contributed by atoms with van der Waals surface area (Å²) in [5, 5.41) is 9.19. The number of hydrogen-bond acceptors (Lipinski definition) is 10. The van der Waals surface area contributed by atoms with Crippen LogP contribution in [0.4, 0.5) is 35.9 Å². The lowest BCUT2D eigenvalue weighted by Gasteiger charge is -2.55. The molecule has 0 aliphatic carbocycles. The van der Waals surface area contributed by atoms with E-state index in [-0.39, 0.29) is 29.7 Å². The number of rotatable bonds is 8. The maximum Gasteiger partial charge on any atom is 0.407 e. The average Bonchev–Trinajstić information content (AvgIpc) is 3.72. The summed E-state index contributed by atoms with van der Waals surface area (Å²) in [7, 11) is 0. The van der Waals surface area contributed by atoms with Crippen molar-refractivity contribution in [3.63, 3.8) is 0 Å². The number of nitrogens with one attached hydrogen (secondary N) is 2. The SMILES string of the molecule is [C-]#[N+]c1ccc(NC(=O)C(C)(C)n2cc(N3CCN(C4CN(C5CN(c6ccc7c(c6)C(=O)N(C6CCC(=O)NC6=O)C7=O)C5)C4)CC3)cn2)cc1C(F)(F)F. The van der Waals surface area contributed by atoms with Crippen molar-refractivity contribution in [3.8, 4) is 0 Å². The fourth-order valence-electron chi connectivity index (χ4n) is 8.02. The second kappa shape index (κ2) is 13.7. The number of likely N-dealkylation sites (tertiary alicyclic amines) is 1. The van der Waals surface area contributed by atoms with Crippen LogP contribution >= 0.6 is 0 Å². The minimum atomic E-state index is -4.73. The van der Waals surface area contributed by atoms with Gasteiger partial charge in [-0.2, -0.15) is 18.3 Å². The van der Waals surface area contributed by atoms with E-state index in [2.05, 4.69) is 40.2 Å². The van der Waals surface area contributed by atoms with Gasteiger partial charge < -0.3 is 15.1 Å². The summed E-state index contributed by atoms with van der Waals surface area (Å²) in [6, 6.07) is 8.10. The Morgan fingerprint density at radius 2 is 1.57 bits per heavy atom. The minimum Gasteiger partial charge on any atom is -0.368 e. The number of hydrogen-bond donors (Lipinski definition) is 2. The summed E-state index contributed by atoms with van der Waals surface area (Å²) < 4.78 is 41.9. The molecule has 56 heavy (non-hydrogen) atoms. The van der Waals surface area contributed by atoms with Crippen molar-refractivity contribution in [1.82, 2.24) is 29.8 Å². The minimum absolute atomic E-state index is 0.0624. The molecular weight excluding hydrogens is 733 g/mol. The molecule has 1 atom stereocenters. The van der Waals surface area contributed by atoms with E-state index < -0.39 is 58.5 Å². The van der Waals surface area contributed by atoms with Crippen molar-refractivity contribution in [1.29, 1.82) is 0 Å². The molecule has 15 nitrogen and oxygen atoms in total. The molecule has 0 bridgehead atoms. The standard InChI is InChI=1S/C38H39F3N10O5/c1-37(2,36(56)44-22-4-7-30(42-3)29(14-22)38(39,40)41)50-21-24(16-43-50)46-10-12-47(13-11-46)25-17-49(18-25)26-19-48(20-26)23-5-6-27-28(15-23)35(55)51(34(27)54)31-8-9-32(52)45-33(31)53/h4-7,14-16,21,25-26,31H,8-13,17-20H2,1-2H3,(H,44,56)(H,45,52,53). The van der Waals surface area contributed by atoms with E-state index in [1.807, 2.05) is 6.07 Å². The third kappa shape index (κ3) is 6.53. The number of imide groups is 2. The Bertz CT molecular complexity index is 2180. The maximum atomic E-state index is 13.5. The van der Waals surface area contributed by atoms with Gasteiger partial charge in [0.25, 0.3) is 17.7 Å². The van der Waals surface area contributed by atoms with Gasteiger partial charge in [0, 0.05) is 88.4 Å². The fourth-order valence-corrected chi connectivity index (χ4v) is 8.02. The van der Waals surface area contributed by atoms with E-state index >= 15 is 0 Å². The topological polar surface area (TPSA) is 148 Å². The number of halogens is 3. The predicted molar refractivity (Wildman–Crippen MR) is 196 cm³/mol. The quantitative estimate of drug-likeness (QED) is 0.259. The second-order valence-corrected chi connectivity index (χ2v) is 15.4. The largest absolute Gasteiger partial charge is 0.407 e. The van der Waals surface area contributed by atoms with Crippen LogP contribution in [0.15, 0.2) is 48.8 Å². The third-order valence-electron chi connectivity index (χ3n) is 11.6. The van der Waals surface area contributed by atoms with Gasteiger partial charge in [0.1, 0.15) is 11.6 Å². The van der Waals surface area contributed by atoms with Gasteiger partial charge in [-0.3, -0.25) is 48.7 Å². The number of fused-ring (bicyclic) bond motifs is 1. The Kier molecular flexibility index (Phi) is 9.11. The Balaban J connectivity index is 0.798. The maximum absolute atomic E-state index is 13.5. The Hall–Kier alpha value is -5.80. The van der Waals surface area contributed by atoms with E-state index in [9.17, 15) is 37.1 Å². The predicted octanol–water partition coefficient (Wildman–Crippen LogP) is 2.92. The molecule has 1 unspecified atom stereocenters. The van der Waals surface area contributed by atoms with Crippen molar-refractivity contribution in [2.24, 2.45) is 0 Å². The molecule has 1 aromatic heterocycles. The molecule has 5 aliphatic heterocycles. The first-order valence-corrected chi connectivity index (χ1v) is 18.4. The molecule has 5 aliphatic rings. The highest BCUT2D eigenvalue weighted by atomic mass is 19.4. The van der Waals surface area contributed by atoms with Crippen molar-refractivity contribution in [2.45, 2.75) is 56.5 Å². The fraction of sp³-hybridized carbons (Fsp3) is 0.447. The van der Waals surface area contributed by atoms with Gasteiger partial charge in [0.15, 0.2) is 5.69 Å². The molecule has 292 valence electrons. The Labute approximate surface area is 319 Å². The van der Waals surface area contributed by atoms with Gasteiger partial charge in [-0.05, 0) is 50.6 Å². The molecule has 3 aromatic rings. The van der Waals surface area contributed by atoms with Crippen LogP contribution in [-0.2, 0) is 26.1 Å². The molecule has 4 fully saturated rings. The summed E-state index contributed by atoms with van der Waals surface area (Å²) >= 11 is 0. The molecule has 0 spiro atoms. The van der Waals surface area contributed by atoms with Crippen LogP contribution in [0.25, 0.3) is 4.85 Å². The highest BCUT2D eigenvalue weighted by Gasteiger charge is 2.46. The molecule has 2 aromatic carbocycles. The molecule has 0 saturated carbocycles. The second-order valence-electron chi connectivity index (χ2n) is 15.4. The van der Waals surface area contributed by atoms with Gasteiger partial charge >= 0.3 is 6.18 Å². The number of alkyl halides is 3. The number of piperidine rings is 1. The first-order chi connectivity index (χ1) is 26.6. The number of benzene rings is 2. The average molecular weight is 773 g/mol. The summed E-state index contributed by atoms with van der Waals surface area (Å²) in [4.78, 5) is 76.8. The zero-order valence-corrected chi connectivity index (χ0v) is 30.7. The van der Waals surface area contributed by atoms with Crippen LogP contribution in [0.5, 0.6) is 0 Å². The smallest absolute Gasteiger partial charge is 0.368 e. The molecule has 4 saturated heterocycles. The summed E-state index contributed by atoms with van der Waals surface area (Å²) in [5.41, 5.74) is -0.701. The molecule has 2 N–H and O–H groups in total. The highest BCUT2D eigenvalue weighted by molar-refractivity contribution is 6.23. The van der Waals surface area contributed by atoms with E-state index in [0.717, 1.165) is 80.8 Å². The zero-order valence-electron chi connectivity index (χ0n) is 30.7. The zero-order chi connectivity index (χ0) is 39.7. The number of amides is 5. The first-order valence-electron chi connectivity index (χ1n) is 18.4. The van der Waals surface area contributed by atoms with Gasteiger partial charge in [-0.25, -0.2) is 4.85 Å². The molecule has 5 amide bonds. The van der Waals surface area contributed by atoms with Crippen molar-refractivity contribution in [2.75, 3.05) is 67.5 Å². The molecule has 6 heterocycles. The normalized spacial score (nSPS) is 21.4. The van der Waals surface area contributed by atoms with Gasteiger partial charge in [-0.15, -0.1) is 0 Å². The number of aromatic nitrogens is 2. The number of carbonyl (C=O) groups excluding carboxylic acids is 5. The van der Waals surface area contributed by atoms with E-state index in [0.29, 0.717) is 12.1 Å². The highest BCUT2D eigenvalue weighted by Crippen LogP contribution is 2.39. The lowest BCUT2D eigenvalue weighted by Crippen LogP contribution is -2.71. The van der Waals surface area contributed by atoms with Crippen LogP contribution in [0.2, 0.25) is 0 Å². The monoisotopic (exact) mass is 772 g/mol. The van der Waals surface area contributed by atoms with E-state index in [1.54, 1.807) is 38.4 Å². The third-order valence-corrected chi connectivity index (χ3v) is 11.6. The van der Waals surface area contributed by atoms with Crippen LogP contribution in [-0.4, -0.2) is 124 Å². The Morgan fingerprint density at radius 1 is 0.875 bits per heavy atom. The summed E-state index contributed by atoms with van der Waals surface area (Å²) in [6.07, 6.45) is -1.09. The first kappa shape index (κ1) is 37.1. The van der Waals surface area contributed by atoms with Crippen molar-refractivity contribution < 1.29 is 37.1 Å². The molecule has 0 radical (unpaired) electrons. The number of piperazine rings is 1. The summed E-state index contributed by atoms with van der Waals surface area (Å²) in [5.74, 6) is -2.63. The van der Waals surface area contributed by atoms with Crippen LogP contribution in [0, 0.1) is 6.57 Å². The van der Waals surface area contributed by atoms with Gasteiger partial charge in [-0.1, -0.05) is 6.07 Å².